The van der Waals surface area contributed by atoms with Gasteiger partial charge in [0.25, 0.3) is 0 Å². The lowest BCUT2D eigenvalue weighted by atomic mass is 9.68. The third-order valence-corrected chi connectivity index (χ3v) is 19.4. The zero-order chi connectivity index (χ0) is 46.6. The van der Waals surface area contributed by atoms with E-state index in [2.05, 4.69) is 124 Å². The molecule has 7 aliphatic rings. The molecular weight excluding hydrogens is 835 g/mol. The first-order valence-electron chi connectivity index (χ1n) is 25.5. The van der Waals surface area contributed by atoms with Crippen molar-refractivity contribution in [2.45, 2.75) is 155 Å². The van der Waals surface area contributed by atoms with E-state index in [1.165, 1.54) is 22.4 Å². The van der Waals surface area contributed by atoms with Crippen molar-refractivity contribution in [1.29, 1.82) is 0 Å². The Morgan fingerprint density at radius 2 is 1.04 bits per heavy atom. The van der Waals surface area contributed by atoms with Gasteiger partial charge < -0.3 is 24.7 Å². The van der Waals surface area contributed by atoms with Crippen molar-refractivity contribution in [3.8, 4) is 0 Å². The molecule has 3 aliphatic heterocycles. The number of Topliss-reactive ketones (excluding diaryl/α,β-unsaturated/α-hetero) is 2. The topological polar surface area (TPSA) is 135 Å². The zero-order valence-electron chi connectivity index (χ0n) is 40.5. The van der Waals surface area contributed by atoms with E-state index in [4.69, 9.17) is 9.97 Å². The highest BCUT2D eigenvalue weighted by atomic mass is 16.2. The lowest BCUT2D eigenvalue weighted by Gasteiger charge is -2.39. The van der Waals surface area contributed by atoms with Gasteiger partial charge in [0, 0.05) is 31.6 Å². The molecule has 3 saturated heterocycles. The Hall–Kier alpha value is -5.32. The number of ketones is 2. The molecule has 3 aromatic carbocycles. The number of nitrogens with zero attached hydrogens (tertiary/aromatic N) is 5. The van der Waals surface area contributed by atoms with Crippen LogP contribution in [-0.4, -0.2) is 66.2 Å². The smallest absolute Gasteiger partial charge is 0.237 e. The molecule has 4 aliphatic carbocycles. The quantitative estimate of drug-likeness (QED) is 0.155. The van der Waals surface area contributed by atoms with Gasteiger partial charge >= 0.3 is 0 Å². The minimum Gasteiger partial charge on any atom is -0.357 e. The number of hydrogen-bond acceptors (Lipinski definition) is 7. The molecule has 0 radical (unpaired) electrons. The number of anilines is 1. The van der Waals surface area contributed by atoms with Crippen LogP contribution in [0.2, 0.25) is 0 Å². The Balaban J connectivity index is 0.848. The van der Waals surface area contributed by atoms with Crippen molar-refractivity contribution in [2.75, 3.05) is 18.0 Å². The van der Waals surface area contributed by atoms with Crippen LogP contribution in [0.1, 0.15) is 178 Å². The summed E-state index contributed by atoms with van der Waals surface area (Å²) < 4.78 is 0. The number of rotatable bonds is 7. The van der Waals surface area contributed by atoms with Gasteiger partial charge in [-0.2, -0.15) is 0 Å². The van der Waals surface area contributed by atoms with Crippen molar-refractivity contribution in [3.63, 3.8) is 0 Å². The molecule has 12 rings (SSSR count). The van der Waals surface area contributed by atoms with Crippen LogP contribution in [-0.2, 0) is 24.6 Å². The maximum absolute atomic E-state index is 14.6. The molecule has 11 heteroatoms. The highest BCUT2D eigenvalue weighted by Gasteiger charge is 2.70. The molecule has 7 fully saturated rings. The molecule has 8 atom stereocenters. The van der Waals surface area contributed by atoms with E-state index in [0.29, 0.717) is 38.8 Å². The molecular formula is C56H67N7O4. The molecule has 5 aromatic rings. The minimum atomic E-state index is -0.913. The number of fused-ring (bicyclic) bond motifs is 6. The van der Waals surface area contributed by atoms with Crippen molar-refractivity contribution < 1.29 is 19.2 Å². The molecule has 11 nitrogen and oxygen atoms in total. The molecule has 4 saturated carbocycles. The predicted octanol–water partition coefficient (Wildman–Crippen LogP) is 10.9. The number of benzene rings is 3. The van der Waals surface area contributed by atoms with Crippen molar-refractivity contribution >= 4 is 51.1 Å². The van der Waals surface area contributed by atoms with Gasteiger partial charge in [0.1, 0.15) is 34.0 Å². The number of nitrogens with one attached hydrogen (secondary N) is 2. The summed E-state index contributed by atoms with van der Waals surface area (Å²) in [7, 11) is 0. The van der Waals surface area contributed by atoms with Gasteiger partial charge in [-0.25, -0.2) is 9.97 Å². The highest BCUT2D eigenvalue weighted by Crippen LogP contribution is 2.66. The maximum Gasteiger partial charge on any atom is 0.237 e. The number of amides is 2. The van der Waals surface area contributed by atoms with Crippen molar-refractivity contribution in [3.05, 3.63) is 89.0 Å². The van der Waals surface area contributed by atoms with Crippen LogP contribution >= 0.6 is 0 Å². The summed E-state index contributed by atoms with van der Waals surface area (Å²) in [4.78, 5) is 80.4. The Kier molecular flexibility index (Phi) is 9.37. The minimum absolute atomic E-state index is 0.0175. The van der Waals surface area contributed by atoms with E-state index >= 15 is 0 Å². The van der Waals surface area contributed by atoms with Gasteiger partial charge in [0.2, 0.25) is 11.8 Å². The van der Waals surface area contributed by atoms with Gasteiger partial charge in [0.05, 0.1) is 46.2 Å². The first kappa shape index (κ1) is 43.0. The SMILES string of the molecule is CC(C)(C)c1ccc(N2C(c3ccc4nc(C5CCCN5C(=O)[C@]56CC[C@H](CC5=O)C6(C)C)[nH]c4c3)CC[C@@H]2c2ccc3nc([C@@H]4CCCN4C(=O)[C@]45CC[C@H](CC4=O)C5(C)C)[nH]c3c2)cc1. The highest BCUT2D eigenvalue weighted by molar-refractivity contribution is 6.10. The zero-order valence-corrected chi connectivity index (χ0v) is 40.5. The number of carbonyl (C=O) groups excluding carboxylic acids is 4. The van der Waals surface area contributed by atoms with E-state index in [1.807, 2.05) is 9.80 Å². The molecule has 2 N–H and O–H groups in total. The summed E-state index contributed by atoms with van der Waals surface area (Å²) >= 11 is 0. The number of carbonyl (C=O) groups is 4. The van der Waals surface area contributed by atoms with E-state index in [0.717, 1.165) is 85.1 Å². The molecule has 0 spiro atoms. The molecule has 350 valence electrons. The average molecular weight is 902 g/mol. The monoisotopic (exact) mass is 902 g/mol. The second-order valence-corrected chi connectivity index (χ2v) is 23.9. The number of imidazole rings is 2. The van der Waals surface area contributed by atoms with Crippen LogP contribution in [0.4, 0.5) is 5.69 Å². The third-order valence-electron chi connectivity index (χ3n) is 19.4. The Morgan fingerprint density at radius 1 is 0.597 bits per heavy atom. The Morgan fingerprint density at radius 3 is 1.43 bits per heavy atom. The van der Waals surface area contributed by atoms with Gasteiger partial charge in [-0.3, -0.25) is 19.2 Å². The largest absolute Gasteiger partial charge is 0.357 e. The van der Waals surface area contributed by atoms with E-state index in [1.54, 1.807) is 0 Å². The lowest BCUT2D eigenvalue weighted by molar-refractivity contribution is -0.155. The number of aromatic amines is 2. The van der Waals surface area contributed by atoms with Crippen LogP contribution in [0.3, 0.4) is 0 Å². The number of likely N-dealkylation sites (tertiary alicyclic amines) is 2. The summed E-state index contributed by atoms with van der Waals surface area (Å²) in [5, 5.41) is 0. The van der Waals surface area contributed by atoms with Gasteiger partial charge in [0.15, 0.2) is 0 Å². The molecule has 2 aromatic heterocycles. The van der Waals surface area contributed by atoms with Gasteiger partial charge in [-0.05, 0) is 145 Å². The third kappa shape index (κ3) is 5.93. The number of hydrogen-bond donors (Lipinski definition) is 2. The van der Waals surface area contributed by atoms with Gasteiger partial charge in [-0.1, -0.05) is 72.7 Å². The van der Waals surface area contributed by atoms with E-state index < -0.39 is 10.8 Å². The van der Waals surface area contributed by atoms with Crippen LogP contribution in [0, 0.1) is 33.5 Å². The fourth-order valence-electron chi connectivity index (χ4n) is 15.2. The Bertz CT molecular complexity index is 2720. The normalized spacial score (nSPS) is 32.0. The predicted molar refractivity (Wildman–Crippen MR) is 259 cm³/mol. The summed E-state index contributed by atoms with van der Waals surface area (Å²) in [5.74, 6) is 2.50. The first-order valence-corrected chi connectivity index (χ1v) is 25.5. The summed E-state index contributed by atoms with van der Waals surface area (Å²) in [6, 6.07) is 22.2. The lowest BCUT2D eigenvalue weighted by Crippen LogP contribution is -2.51. The number of H-pyrrole nitrogens is 2. The standard InChI is InChI=1S/C56H67N7O4/c1-52(2,3)34-14-16-37(17-15-34)63-42(32-12-18-38-40(28-32)59-48(57-38)44-10-8-26-61(44)50(66)55-24-22-35(30-46(55)64)53(55,4)5)20-21-43(63)33-13-19-39-41(29-33)60-49(58-39)45-11-9-27-62(45)51(67)56-25-23-36(31-47(56)65)54(56,6)7/h12-19,28-29,35-36,42-45H,8-11,20-27,30-31H2,1-7H3,(H,57,59)(H,58,60)/t35-,36-,42-,43?,44+,45?,55+,56+/m1/s1. The van der Waals surface area contributed by atoms with Crippen LogP contribution in [0.25, 0.3) is 22.1 Å². The Labute approximate surface area is 394 Å². The fraction of sp³-hybridized carbons (Fsp3) is 0.571. The van der Waals surface area contributed by atoms with E-state index in [9.17, 15) is 19.2 Å². The van der Waals surface area contributed by atoms with Crippen LogP contribution in [0.5, 0.6) is 0 Å². The summed E-state index contributed by atoms with van der Waals surface area (Å²) in [6.07, 6.45) is 9.62. The summed E-state index contributed by atoms with van der Waals surface area (Å²) in [5.41, 5.74) is 6.16. The first-order chi connectivity index (χ1) is 31.9. The number of aromatic nitrogens is 4. The summed E-state index contributed by atoms with van der Waals surface area (Å²) in [6.45, 7) is 16.6. The average Bonchev–Trinajstić information content (AvgIpc) is 4.18. The van der Waals surface area contributed by atoms with Crippen LogP contribution in [0.15, 0.2) is 60.7 Å². The van der Waals surface area contributed by atoms with Crippen molar-refractivity contribution in [2.24, 2.45) is 33.5 Å². The molecule has 67 heavy (non-hydrogen) atoms. The van der Waals surface area contributed by atoms with Crippen LogP contribution < -0.4 is 4.90 Å². The molecule has 2 amide bonds. The maximum atomic E-state index is 14.6. The van der Waals surface area contributed by atoms with Gasteiger partial charge in [-0.15, -0.1) is 0 Å². The molecule has 4 bridgehead atoms. The fourth-order valence-corrected chi connectivity index (χ4v) is 15.2. The van der Waals surface area contributed by atoms with E-state index in [-0.39, 0.29) is 75.6 Å². The molecule has 5 heterocycles. The van der Waals surface area contributed by atoms with Crippen molar-refractivity contribution in [1.82, 2.24) is 29.7 Å². The second-order valence-electron chi connectivity index (χ2n) is 23.9. The molecule has 2 unspecified atom stereocenters. The second kappa shape index (κ2) is 14.6.